The lowest BCUT2D eigenvalue weighted by molar-refractivity contribution is -0.132. The number of nitrogens with zero attached hydrogens (tertiary/aromatic N) is 2. The molecular formula is C22H21N3O3S. The van der Waals surface area contributed by atoms with Crippen molar-refractivity contribution in [2.45, 2.75) is 13.0 Å². The quantitative estimate of drug-likeness (QED) is 0.741. The van der Waals surface area contributed by atoms with Crippen molar-refractivity contribution in [3.05, 3.63) is 65.7 Å². The Hall–Kier alpha value is -3.24. The number of anilines is 1. The number of amides is 2. The topological polar surface area (TPSA) is 82.4 Å². The molecule has 0 bridgehead atoms. The molecule has 0 saturated carbocycles. The molecule has 1 atom stereocenters. The Labute approximate surface area is 174 Å². The number of thioether (sulfide) groups is 1. The van der Waals surface area contributed by atoms with E-state index in [1.807, 2.05) is 37.3 Å². The van der Waals surface area contributed by atoms with Gasteiger partial charge in [0.1, 0.15) is 11.8 Å². The fourth-order valence-corrected chi connectivity index (χ4v) is 4.06. The van der Waals surface area contributed by atoms with E-state index >= 15 is 0 Å². The average molecular weight is 407 g/mol. The van der Waals surface area contributed by atoms with Gasteiger partial charge in [-0.2, -0.15) is 5.26 Å². The van der Waals surface area contributed by atoms with E-state index in [0.717, 1.165) is 5.56 Å². The normalized spacial score (nSPS) is 15.9. The number of carbonyl (C=O) groups is 2. The Morgan fingerprint density at radius 2 is 2.03 bits per heavy atom. The van der Waals surface area contributed by atoms with Crippen molar-refractivity contribution in [2.75, 3.05) is 23.6 Å². The fraction of sp³-hybridized carbons (Fsp3) is 0.227. The second kappa shape index (κ2) is 9.80. The van der Waals surface area contributed by atoms with Crippen LogP contribution >= 0.6 is 11.8 Å². The van der Waals surface area contributed by atoms with Crippen molar-refractivity contribution in [1.29, 1.82) is 5.26 Å². The SMILES string of the molecule is CCOc1ccccc1/C=C/C(=O)N1CSCC1C(=O)Nc1ccc(C#N)cc1. The summed E-state index contributed by atoms with van der Waals surface area (Å²) >= 11 is 1.54. The lowest BCUT2D eigenvalue weighted by Crippen LogP contribution is -2.43. The molecule has 2 aromatic carbocycles. The summed E-state index contributed by atoms with van der Waals surface area (Å²) in [5.74, 6) is 1.25. The van der Waals surface area contributed by atoms with Crippen LogP contribution < -0.4 is 10.1 Å². The molecule has 6 nitrogen and oxygen atoms in total. The zero-order valence-electron chi connectivity index (χ0n) is 16.0. The van der Waals surface area contributed by atoms with Crippen molar-refractivity contribution in [3.8, 4) is 11.8 Å². The van der Waals surface area contributed by atoms with Crippen molar-refractivity contribution in [3.63, 3.8) is 0 Å². The molecule has 1 heterocycles. The predicted octanol–water partition coefficient (Wildman–Crippen LogP) is 3.51. The molecule has 0 aromatic heterocycles. The maximum absolute atomic E-state index is 12.7. The van der Waals surface area contributed by atoms with Gasteiger partial charge in [0.2, 0.25) is 11.8 Å². The second-order valence-corrected chi connectivity index (χ2v) is 7.31. The first-order chi connectivity index (χ1) is 14.1. The van der Waals surface area contributed by atoms with Crippen molar-refractivity contribution in [2.24, 2.45) is 0 Å². The van der Waals surface area contributed by atoms with Gasteiger partial charge >= 0.3 is 0 Å². The highest BCUT2D eigenvalue weighted by Gasteiger charge is 2.33. The average Bonchev–Trinajstić information content (AvgIpc) is 3.24. The number of benzene rings is 2. The molecule has 148 valence electrons. The molecule has 2 aromatic rings. The number of rotatable bonds is 6. The minimum atomic E-state index is -0.546. The second-order valence-electron chi connectivity index (χ2n) is 6.31. The summed E-state index contributed by atoms with van der Waals surface area (Å²) in [5.41, 5.74) is 1.93. The number of hydrogen-bond acceptors (Lipinski definition) is 5. The van der Waals surface area contributed by atoms with E-state index < -0.39 is 6.04 Å². The van der Waals surface area contributed by atoms with E-state index in [0.29, 0.717) is 35.2 Å². The Morgan fingerprint density at radius 1 is 1.28 bits per heavy atom. The molecule has 1 aliphatic rings. The summed E-state index contributed by atoms with van der Waals surface area (Å²) in [6.07, 6.45) is 3.19. The Bertz CT molecular complexity index is 951. The lowest BCUT2D eigenvalue weighted by atomic mass is 10.1. The Kier molecular flexibility index (Phi) is 6.93. The Balaban J connectivity index is 1.67. The van der Waals surface area contributed by atoms with Gasteiger partial charge in [0.25, 0.3) is 0 Å². The standard InChI is InChI=1S/C22H21N3O3S/c1-2-28-20-6-4-3-5-17(20)9-12-21(26)25-15-29-14-19(25)22(27)24-18-10-7-16(13-23)8-11-18/h3-12,19H,2,14-15H2,1H3,(H,24,27)/b12-9+. The summed E-state index contributed by atoms with van der Waals surface area (Å²) in [4.78, 5) is 26.9. The third-order valence-corrected chi connectivity index (χ3v) is 5.39. The van der Waals surface area contributed by atoms with Gasteiger partial charge in [0, 0.05) is 23.1 Å². The number of carbonyl (C=O) groups excluding carboxylic acids is 2. The van der Waals surface area contributed by atoms with Crippen LogP contribution in [-0.2, 0) is 9.59 Å². The van der Waals surface area contributed by atoms with Crippen molar-refractivity contribution < 1.29 is 14.3 Å². The molecule has 29 heavy (non-hydrogen) atoms. The van der Waals surface area contributed by atoms with Gasteiger partial charge in [0.05, 0.1) is 24.1 Å². The molecule has 0 aliphatic carbocycles. The molecule has 1 N–H and O–H groups in total. The number of ether oxygens (including phenoxy) is 1. The zero-order valence-corrected chi connectivity index (χ0v) is 16.8. The first-order valence-corrected chi connectivity index (χ1v) is 10.4. The predicted molar refractivity (Wildman–Crippen MR) is 114 cm³/mol. The molecule has 1 aliphatic heterocycles. The van der Waals surface area contributed by atoms with Crippen LogP contribution in [0.4, 0.5) is 5.69 Å². The Morgan fingerprint density at radius 3 is 2.76 bits per heavy atom. The lowest BCUT2D eigenvalue weighted by Gasteiger charge is -2.21. The zero-order chi connectivity index (χ0) is 20.6. The maximum atomic E-state index is 12.7. The van der Waals surface area contributed by atoms with E-state index in [1.54, 1.807) is 35.2 Å². The van der Waals surface area contributed by atoms with Gasteiger partial charge < -0.3 is 15.0 Å². The summed E-state index contributed by atoms with van der Waals surface area (Å²) in [6.45, 7) is 2.45. The highest BCUT2D eigenvalue weighted by atomic mass is 32.2. The van der Waals surface area contributed by atoms with E-state index in [2.05, 4.69) is 5.32 Å². The van der Waals surface area contributed by atoms with Gasteiger partial charge in [-0.05, 0) is 43.3 Å². The molecular weight excluding hydrogens is 386 g/mol. The van der Waals surface area contributed by atoms with Crippen LogP contribution in [-0.4, -0.2) is 41.0 Å². The van der Waals surface area contributed by atoms with Crippen LogP contribution in [0.3, 0.4) is 0 Å². The summed E-state index contributed by atoms with van der Waals surface area (Å²) < 4.78 is 5.57. The molecule has 1 unspecified atom stereocenters. The van der Waals surface area contributed by atoms with Crippen molar-refractivity contribution >= 4 is 35.3 Å². The van der Waals surface area contributed by atoms with Crippen LogP contribution in [0, 0.1) is 11.3 Å². The van der Waals surface area contributed by atoms with Crippen LogP contribution in [0.15, 0.2) is 54.6 Å². The summed E-state index contributed by atoms with van der Waals surface area (Å²) in [5, 5.41) is 11.7. The highest BCUT2D eigenvalue weighted by Crippen LogP contribution is 2.24. The minimum Gasteiger partial charge on any atom is -0.493 e. The molecule has 2 amide bonds. The van der Waals surface area contributed by atoms with Gasteiger partial charge in [-0.1, -0.05) is 18.2 Å². The number of nitrogens with one attached hydrogen (secondary N) is 1. The largest absolute Gasteiger partial charge is 0.493 e. The van der Waals surface area contributed by atoms with E-state index in [4.69, 9.17) is 10.00 Å². The first-order valence-electron chi connectivity index (χ1n) is 9.21. The molecule has 0 radical (unpaired) electrons. The summed E-state index contributed by atoms with van der Waals surface area (Å²) in [6, 6.07) is 15.6. The van der Waals surface area contributed by atoms with Gasteiger partial charge in [-0.15, -0.1) is 11.8 Å². The first kappa shape index (κ1) is 20.5. The van der Waals surface area contributed by atoms with E-state index in [9.17, 15) is 9.59 Å². The fourth-order valence-electron chi connectivity index (χ4n) is 2.89. The van der Waals surface area contributed by atoms with Gasteiger partial charge in [-0.3, -0.25) is 9.59 Å². The number of nitriles is 1. The molecule has 1 fully saturated rings. The molecule has 1 saturated heterocycles. The maximum Gasteiger partial charge on any atom is 0.248 e. The van der Waals surface area contributed by atoms with Crippen LogP contribution in [0.2, 0.25) is 0 Å². The smallest absolute Gasteiger partial charge is 0.248 e. The van der Waals surface area contributed by atoms with Crippen LogP contribution in [0.1, 0.15) is 18.1 Å². The van der Waals surface area contributed by atoms with Gasteiger partial charge in [0.15, 0.2) is 0 Å². The number of hydrogen-bond donors (Lipinski definition) is 1. The van der Waals surface area contributed by atoms with Crippen molar-refractivity contribution in [1.82, 2.24) is 4.90 Å². The highest BCUT2D eigenvalue weighted by molar-refractivity contribution is 7.99. The minimum absolute atomic E-state index is 0.221. The molecule has 0 spiro atoms. The van der Waals surface area contributed by atoms with E-state index in [-0.39, 0.29) is 11.8 Å². The van der Waals surface area contributed by atoms with E-state index in [1.165, 1.54) is 17.8 Å². The van der Waals surface area contributed by atoms with Crippen LogP contribution in [0.5, 0.6) is 5.75 Å². The van der Waals surface area contributed by atoms with Gasteiger partial charge in [-0.25, -0.2) is 0 Å². The third kappa shape index (κ3) is 5.18. The number of para-hydroxylation sites is 1. The summed E-state index contributed by atoms with van der Waals surface area (Å²) in [7, 11) is 0. The van der Waals surface area contributed by atoms with Crippen LogP contribution in [0.25, 0.3) is 6.08 Å². The molecule has 3 rings (SSSR count). The monoisotopic (exact) mass is 407 g/mol. The third-order valence-electron chi connectivity index (χ3n) is 4.37. The molecule has 7 heteroatoms.